The van der Waals surface area contributed by atoms with Crippen LogP contribution in [0.3, 0.4) is 0 Å². The van der Waals surface area contributed by atoms with Crippen LogP contribution in [0.15, 0.2) is 51.7 Å². The molecule has 5 nitrogen and oxygen atoms in total. The third kappa shape index (κ3) is 3.76. The van der Waals surface area contributed by atoms with E-state index in [1.807, 2.05) is 0 Å². The summed E-state index contributed by atoms with van der Waals surface area (Å²) in [6, 6.07) is 6.96. The Labute approximate surface area is 149 Å². The number of carbonyl (C=O) groups excluding carboxylic acids is 1. The molecule has 3 rings (SSSR count). The summed E-state index contributed by atoms with van der Waals surface area (Å²) in [7, 11) is 1.22. The lowest BCUT2D eigenvalue weighted by Crippen LogP contribution is -2.16. The molecule has 0 aliphatic heterocycles. The Kier molecular flexibility index (Phi) is 4.61. The van der Waals surface area contributed by atoms with Crippen molar-refractivity contribution in [3.63, 3.8) is 0 Å². The second-order valence-electron chi connectivity index (χ2n) is 5.50. The standard InChI is InChI=1S/C18H11F4NO4/c1-26-14-5-2-10(18(20,21)22)8-13(14)23-16(24)15-7-9-6-11(19)3-4-12(9)17(25)27-15/h2-8H,1H3,(H,23,24). The molecule has 27 heavy (non-hydrogen) atoms. The minimum atomic E-state index is -4.63. The number of anilines is 1. The maximum absolute atomic E-state index is 13.3. The number of rotatable bonds is 3. The molecule has 1 amide bonds. The summed E-state index contributed by atoms with van der Waals surface area (Å²) in [6.45, 7) is 0. The normalized spacial score (nSPS) is 11.4. The van der Waals surface area contributed by atoms with Gasteiger partial charge in [-0.25, -0.2) is 9.18 Å². The minimum Gasteiger partial charge on any atom is -0.495 e. The topological polar surface area (TPSA) is 68.5 Å². The number of methoxy groups -OCH3 is 1. The van der Waals surface area contributed by atoms with Crippen molar-refractivity contribution in [3.05, 3.63) is 70.0 Å². The van der Waals surface area contributed by atoms with Gasteiger partial charge in [-0.15, -0.1) is 0 Å². The molecule has 0 bridgehead atoms. The first-order chi connectivity index (χ1) is 12.7. The molecule has 0 fully saturated rings. The molecule has 140 valence electrons. The summed E-state index contributed by atoms with van der Waals surface area (Å²) >= 11 is 0. The zero-order chi connectivity index (χ0) is 19.8. The van der Waals surface area contributed by atoms with E-state index >= 15 is 0 Å². The number of amides is 1. The molecule has 1 aromatic heterocycles. The fraction of sp³-hybridized carbons (Fsp3) is 0.111. The van der Waals surface area contributed by atoms with Crippen molar-refractivity contribution in [2.75, 3.05) is 12.4 Å². The van der Waals surface area contributed by atoms with Crippen LogP contribution in [0.5, 0.6) is 5.75 Å². The highest BCUT2D eigenvalue weighted by molar-refractivity contribution is 6.04. The summed E-state index contributed by atoms with van der Waals surface area (Å²) in [6.07, 6.45) is -4.63. The molecule has 0 saturated heterocycles. The van der Waals surface area contributed by atoms with Crippen LogP contribution in [-0.2, 0) is 6.18 Å². The first-order valence-corrected chi connectivity index (χ1v) is 7.49. The zero-order valence-electron chi connectivity index (χ0n) is 13.7. The Morgan fingerprint density at radius 2 is 1.85 bits per heavy atom. The Morgan fingerprint density at radius 3 is 2.52 bits per heavy atom. The number of fused-ring (bicyclic) bond motifs is 1. The van der Waals surface area contributed by atoms with Crippen molar-refractivity contribution in [3.8, 4) is 5.75 Å². The quantitative estimate of drug-likeness (QED) is 0.690. The van der Waals surface area contributed by atoms with Crippen LogP contribution in [0.25, 0.3) is 10.8 Å². The van der Waals surface area contributed by atoms with Gasteiger partial charge in [0.05, 0.1) is 23.7 Å². The second kappa shape index (κ2) is 6.75. The van der Waals surface area contributed by atoms with Crippen molar-refractivity contribution in [1.29, 1.82) is 0 Å². The van der Waals surface area contributed by atoms with Gasteiger partial charge in [0, 0.05) is 0 Å². The first-order valence-electron chi connectivity index (χ1n) is 7.49. The van der Waals surface area contributed by atoms with Crippen molar-refractivity contribution in [1.82, 2.24) is 0 Å². The zero-order valence-corrected chi connectivity index (χ0v) is 13.7. The Morgan fingerprint density at radius 1 is 1.11 bits per heavy atom. The van der Waals surface area contributed by atoms with Crippen molar-refractivity contribution in [2.45, 2.75) is 6.18 Å². The SMILES string of the molecule is COc1ccc(C(F)(F)F)cc1NC(=O)c1cc2cc(F)ccc2c(=O)o1. The van der Waals surface area contributed by atoms with E-state index in [0.717, 1.165) is 30.3 Å². The summed E-state index contributed by atoms with van der Waals surface area (Å²) in [4.78, 5) is 24.3. The number of carbonyl (C=O) groups is 1. The fourth-order valence-electron chi connectivity index (χ4n) is 2.44. The number of hydrogen-bond acceptors (Lipinski definition) is 4. The van der Waals surface area contributed by atoms with E-state index in [1.165, 1.54) is 13.2 Å². The van der Waals surface area contributed by atoms with Crippen LogP contribution >= 0.6 is 0 Å². The summed E-state index contributed by atoms with van der Waals surface area (Å²) in [5.74, 6) is -2.13. The largest absolute Gasteiger partial charge is 0.495 e. The summed E-state index contributed by atoms with van der Waals surface area (Å²) < 4.78 is 61.8. The maximum Gasteiger partial charge on any atom is 0.416 e. The van der Waals surface area contributed by atoms with E-state index < -0.39 is 34.8 Å². The van der Waals surface area contributed by atoms with Gasteiger partial charge in [0.25, 0.3) is 5.91 Å². The van der Waals surface area contributed by atoms with E-state index in [0.29, 0.717) is 6.07 Å². The molecule has 0 unspecified atom stereocenters. The van der Waals surface area contributed by atoms with Crippen LogP contribution in [0.2, 0.25) is 0 Å². The number of ether oxygens (including phenoxy) is 1. The smallest absolute Gasteiger partial charge is 0.416 e. The molecular formula is C18H11F4NO4. The van der Waals surface area contributed by atoms with Crippen LogP contribution in [0.1, 0.15) is 16.1 Å². The Bertz CT molecular complexity index is 1090. The highest BCUT2D eigenvalue weighted by Crippen LogP contribution is 2.35. The van der Waals surface area contributed by atoms with Crippen LogP contribution in [0, 0.1) is 5.82 Å². The molecule has 0 aliphatic carbocycles. The lowest BCUT2D eigenvalue weighted by atomic mass is 10.1. The Balaban J connectivity index is 2.00. The lowest BCUT2D eigenvalue weighted by molar-refractivity contribution is -0.137. The second-order valence-corrected chi connectivity index (χ2v) is 5.50. The molecule has 9 heteroatoms. The molecule has 0 aliphatic rings. The predicted octanol–water partition coefficient (Wildman–Crippen LogP) is 4.21. The number of benzene rings is 2. The number of halogens is 4. The van der Waals surface area contributed by atoms with E-state index in [-0.39, 0.29) is 22.2 Å². The molecule has 2 aromatic carbocycles. The third-order valence-corrected chi connectivity index (χ3v) is 3.72. The molecule has 1 N–H and O–H groups in total. The molecule has 1 heterocycles. The van der Waals surface area contributed by atoms with Crippen molar-refractivity contribution >= 4 is 22.4 Å². The van der Waals surface area contributed by atoms with Crippen LogP contribution < -0.4 is 15.7 Å². The highest BCUT2D eigenvalue weighted by Gasteiger charge is 2.31. The van der Waals surface area contributed by atoms with E-state index in [1.54, 1.807) is 0 Å². The van der Waals surface area contributed by atoms with E-state index in [4.69, 9.17) is 9.15 Å². The minimum absolute atomic E-state index is 0.0227. The van der Waals surface area contributed by atoms with Gasteiger partial charge in [0.15, 0.2) is 5.76 Å². The van der Waals surface area contributed by atoms with Crippen molar-refractivity contribution in [2.24, 2.45) is 0 Å². The molecule has 3 aromatic rings. The molecule has 0 radical (unpaired) electrons. The molecule has 0 atom stereocenters. The van der Waals surface area contributed by atoms with Gasteiger partial charge in [0.2, 0.25) is 0 Å². The van der Waals surface area contributed by atoms with Gasteiger partial charge < -0.3 is 14.5 Å². The average Bonchev–Trinajstić information content (AvgIpc) is 2.60. The van der Waals surface area contributed by atoms with Crippen LogP contribution in [-0.4, -0.2) is 13.0 Å². The predicted molar refractivity (Wildman–Crippen MR) is 88.4 cm³/mol. The van der Waals surface area contributed by atoms with Gasteiger partial charge in [-0.1, -0.05) is 0 Å². The lowest BCUT2D eigenvalue weighted by Gasteiger charge is -2.13. The molecule has 0 spiro atoms. The van der Waals surface area contributed by atoms with E-state index in [2.05, 4.69) is 5.32 Å². The van der Waals surface area contributed by atoms with Gasteiger partial charge in [0.1, 0.15) is 11.6 Å². The van der Waals surface area contributed by atoms with Crippen molar-refractivity contribution < 1.29 is 31.5 Å². The van der Waals surface area contributed by atoms with Crippen LogP contribution in [0.4, 0.5) is 23.2 Å². The summed E-state index contributed by atoms with van der Waals surface area (Å²) in [5.41, 5.74) is -2.14. The number of hydrogen-bond donors (Lipinski definition) is 1. The van der Waals surface area contributed by atoms with Gasteiger partial charge in [-0.2, -0.15) is 13.2 Å². The van der Waals surface area contributed by atoms with Gasteiger partial charge in [-0.3, -0.25) is 4.79 Å². The molecular weight excluding hydrogens is 370 g/mol. The average molecular weight is 381 g/mol. The monoisotopic (exact) mass is 381 g/mol. The Hall–Kier alpha value is -3.36. The van der Waals surface area contributed by atoms with Gasteiger partial charge in [-0.05, 0) is 47.9 Å². The fourth-order valence-corrected chi connectivity index (χ4v) is 2.44. The number of nitrogens with one attached hydrogen (secondary N) is 1. The highest BCUT2D eigenvalue weighted by atomic mass is 19.4. The molecule has 0 saturated carbocycles. The first kappa shape index (κ1) is 18.4. The maximum atomic E-state index is 13.3. The third-order valence-electron chi connectivity index (χ3n) is 3.72. The number of alkyl halides is 3. The van der Waals surface area contributed by atoms with E-state index in [9.17, 15) is 27.2 Å². The summed E-state index contributed by atoms with van der Waals surface area (Å²) in [5, 5.41) is 2.38. The van der Waals surface area contributed by atoms with Gasteiger partial charge >= 0.3 is 11.8 Å².